The van der Waals surface area contributed by atoms with E-state index in [-0.39, 0.29) is 11.5 Å². The molecule has 22 heavy (non-hydrogen) atoms. The van der Waals surface area contributed by atoms with Crippen LogP contribution in [0.4, 0.5) is 0 Å². The van der Waals surface area contributed by atoms with Crippen LogP contribution in [-0.4, -0.2) is 22.4 Å². The first-order chi connectivity index (χ1) is 10.6. The summed E-state index contributed by atoms with van der Waals surface area (Å²) in [7, 11) is 0. The number of aromatic nitrogens is 2. The molecule has 1 N–H and O–H groups in total. The molecule has 3 rings (SSSR count). The molecule has 1 unspecified atom stereocenters. The van der Waals surface area contributed by atoms with Crippen LogP contribution < -0.4 is 0 Å². The first kappa shape index (κ1) is 16.0. The zero-order valence-corrected chi connectivity index (χ0v) is 14.2. The van der Waals surface area contributed by atoms with E-state index in [9.17, 15) is 0 Å². The highest BCUT2D eigenvalue weighted by Crippen LogP contribution is 2.44. The minimum absolute atomic E-state index is 0.163. The fourth-order valence-electron chi connectivity index (χ4n) is 3.91. The van der Waals surface area contributed by atoms with E-state index in [0.29, 0.717) is 12.0 Å². The molecule has 4 nitrogen and oxygen atoms in total. The summed E-state index contributed by atoms with van der Waals surface area (Å²) in [5.74, 6) is 0.510. The molecule has 2 aliphatic carbocycles. The van der Waals surface area contributed by atoms with Crippen LogP contribution >= 0.6 is 0 Å². The van der Waals surface area contributed by atoms with E-state index in [4.69, 9.17) is 9.78 Å². The van der Waals surface area contributed by atoms with Gasteiger partial charge in [0.05, 0.1) is 18.4 Å². The molecule has 0 aliphatic heterocycles. The van der Waals surface area contributed by atoms with Gasteiger partial charge in [0.2, 0.25) is 0 Å². The largest absolute Gasteiger partial charge is 0.282 e. The molecule has 0 amide bonds. The van der Waals surface area contributed by atoms with Crippen LogP contribution in [0.3, 0.4) is 0 Å². The fourth-order valence-corrected chi connectivity index (χ4v) is 3.91. The maximum Gasteiger partial charge on any atom is 0.0987 e. The first-order valence-corrected chi connectivity index (χ1v) is 8.88. The van der Waals surface area contributed by atoms with Gasteiger partial charge in [-0.3, -0.25) is 5.10 Å². The van der Waals surface area contributed by atoms with Gasteiger partial charge in [-0.2, -0.15) is 5.10 Å². The third kappa shape index (κ3) is 3.54. The van der Waals surface area contributed by atoms with Gasteiger partial charge in [-0.25, -0.2) is 9.78 Å². The molecular formula is C18H30N2O2. The maximum atomic E-state index is 5.97. The Morgan fingerprint density at radius 1 is 1.14 bits per heavy atom. The monoisotopic (exact) mass is 306 g/mol. The fraction of sp³-hybridized carbons (Fsp3) is 0.833. The zero-order chi connectivity index (χ0) is 15.6. The normalized spacial score (nSPS) is 29.6. The number of nitrogens with one attached hydrogen (secondary N) is 1. The van der Waals surface area contributed by atoms with E-state index >= 15 is 0 Å². The van der Waals surface area contributed by atoms with Crippen molar-refractivity contribution < 1.29 is 9.78 Å². The molecule has 0 bridgehead atoms. The molecule has 0 radical (unpaired) electrons. The Morgan fingerprint density at radius 3 is 2.59 bits per heavy atom. The predicted molar refractivity (Wildman–Crippen MR) is 86.5 cm³/mol. The van der Waals surface area contributed by atoms with Crippen LogP contribution in [0.2, 0.25) is 0 Å². The lowest BCUT2D eigenvalue weighted by atomic mass is 9.70. The number of hydrogen-bond acceptors (Lipinski definition) is 3. The lowest BCUT2D eigenvalue weighted by Gasteiger charge is -2.41. The van der Waals surface area contributed by atoms with Gasteiger partial charge in [-0.1, -0.05) is 33.1 Å². The molecule has 1 aromatic heterocycles. The van der Waals surface area contributed by atoms with Crippen LogP contribution in [0, 0.1) is 12.3 Å². The summed E-state index contributed by atoms with van der Waals surface area (Å²) in [4.78, 5) is 11.8. The van der Waals surface area contributed by atoms with Crippen molar-refractivity contribution in [2.24, 2.45) is 5.41 Å². The van der Waals surface area contributed by atoms with E-state index in [2.05, 4.69) is 31.0 Å². The second kappa shape index (κ2) is 6.71. The molecule has 2 aliphatic rings. The summed E-state index contributed by atoms with van der Waals surface area (Å²) in [6.07, 6.45) is 12.0. The molecule has 0 spiro atoms. The van der Waals surface area contributed by atoms with Gasteiger partial charge in [0.15, 0.2) is 0 Å². The van der Waals surface area contributed by atoms with Crippen molar-refractivity contribution in [2.45, 2.75) is 90.3 Å². The third-order valence-corrected chi connectivity index (χ3v) is 5.64. The number of H-pyrrole nitrogens is 1. The van der Waals surface area contributed by atoms with Gasteiger partial charge >= 0.3 is 0 Å². The standard InChI is InChI=1S/C18H30N2O2/c1-13-12-19-20-17(13)14-9-10-18(2,3)16(11-14)22-21-15-7-5-4-6-8-15/h12,14-16H,4-11H2,1-3H3,(H,19,20)/t14?,16-/m1/s1. The molecule has 2 saturated carbocycles. The van der Waals surface area contributed by atoms with Gasteiger partial charge in [0, 0.05) is 11.6 Å². The quantitative estimate of drug-likeness (QED) is 0.650. The summed E-state index contributed by atoms with van der Waals surface area (Å²) < 4.78 is 0. The number of rotatable bonds is 4. The SMILES string of the molecule is Cc1cn[nH]c1C1CCC(C)(C)[C@H](OOC2CCCCC2)C1. The van der Waals surface area contributed by atoms with Gasteiger partial charge in [0.1, 0.15) is 0 Å². The van der Waals surface area contributed by atoms with Crippen molar-refractivity contribution >= 4 is 0 Å². The van der Waals surface area contributed by atoms with Crippen molar-refractivity contribution in [3.63, 3.8) is 0 Å². The van der Waals surface area contributed by atoms with Gasteiger partial charge in [-0.15, -0.1) is 0 Å². The van der Waals surface area contributed by atoms with Crippen LogP contribution in [0.25, 0.3) is 0 Å². The summed E-state index contributed by atoms with van der Waals surface area (Å²) >= 11 is 0. The smallest absolute Gasteiger partial charge is 0.0987 e. The minimum Gasteiger partial charge on any atom is -0.282 e. The topological polar surface area (TPSA) is 47.1 Å². The molecule has 2 fully saturated rings. The molecule has 124 valence electrons. The van der Waals surface area contributed by atoms with Crippen LogP contribution in [-0.2, 0) is 9.78 Å². The number of aromatic amines is 1. The molecule has 0 aromatic carbocycles. The Morgan fingerprint density at radius 2 is 1.91 bits per heavy atom. The summed E-state index contributed by atoms with van der Waals surface area (Å²) in [5.41, 5.74) is 2.72. The number of nitrogens with zero attached hydrogens (tertiary/aromatic N) is 1. The molecule has 4 heteroatoms. The second-order valence-electron chi connectivity index (χ2n) is 7.87. The maximum absolute atomic E-state index is 5.97. The zero-order valence-electron chi connectivity index (χ0n) is 14.2. The van der Waals surface area contributed by atoms with E-state index in [1.807, 2.05) is 6.20 Å². The van der Waals surface area contributed by atoms with E-state index in [1.165, 1.54) is 36.9 Å². The molecule has 0 saturated heterocycles. The summed E-state index contributed by atoms with van der Waals surface area (Å²) in [6, 6.07) is 0. The third-order valence-electron chi connectivity index (χ3n) is 5.64. The average Bonchev–Trinajstić information content (AvgIpc) is 2.93. The Kier molecular flexibility index (Phi) is 4.88. The van der Waals surface area contributed by atoms with Crippen molar-refractivity contribution in [2.75, 3.05) is 0 Å². The Hall–Kier alpha value is -0.870. The Balaban J connectivity index is 1.60. The first-order valence-electron chi connectivity index (χ1n) is 8.88. The van der Waals surface area contributed by atoms with Crippen LogP contribution in [0.15, 0.2) is 6.20 Å². The highest BCUT2D eigenvalue weighted by molar-refractivity contribution is 5.19. The van der Waals surface area contributed by atoms with Gasteiger partial charge in [-0.05, 0) is 50.0 Å². The van der Waals surface area contributed by atoms with E-state index in [0.717, 1.165) is 25.7 Å². The summed E-state index contributed by atoms with van der Waals surface area (Å²) in [5, 5.41) is 7.36. The van der Waals surface area contributed by atoms with Crippen molar-refractivity contribution in [1.82, 2.24) is 10.2 Å². The van der Waals surface area contributed by atoms with Crippen LogP contribution in [0.5, 0.6) is 0 Å². The predicted octanol–water partition coefficient (Wildman–Crippen LogP) is 4.66. The Bertz CT molecular complexity index is 477. The second-order valence-corrected chi connectivity index (χ2v) is 7.87. The molecule has 1 aromatic rings. The van der Waals surface area contributed by atoms with Crippen molar-refractivity contribution in [1.29, 1.82) is 0 Å². The van der Waals surface area contributed by atoms with Crippen LogP contribution in [0.1, 0.15) is 82.4 Å². The average molecular weight is 306 g/mol. The highest BCUT2D eigenvalue weighted by atomic mass is 17.2. The molecule has 1 heterocycles. The lowest BCUT2D eigenvalue weighted by molar-refractivity contribution is -0.374. The minimum atomic E-state index is 0.163. The van der Waals surface area contributed by atoms with E-state index < -0.39 is 0 Å². The number of aryl methyl sites for hydroxylation is 1. The lowest BCUT2D eigenvalue weighted by Crippen LogP contribution is -2.39. The van der Waals surface area contributed by atoms with Crippen molar-refractivity contribution in [3.8, 4) is 0 Å². The molecular weight excluding hydrogens is 276 g/mol. The highest BCUT2D eigenvalue weighted by Gasteiger charge is 2.39. The van der Waals surface area contributed by atoms with Crippen molar-refractivity contribution in [3.05, 3.63) is 17.5 Å². The van der Waals surface area contributed by atoms with Gasteiger partial charge < -0.3 is 0 Å². The Labute approximate surface area is 133 Å². The van der Waals surface area contributed by atoms with Gasteiger partial charge in [0.25, 0.3) is 0 Å². The van der Waals surface area contributed by atoms with E-state index in [1.54, 1.807) is 0 Å². The number of hydrogen-bond donors (Lipinski definition) is 1. The summed E-state index contributed by atoms with van der Waals surface area (Å²) in [6.45, 7) is 6.74. The molecule has 2 atom stereocenters.